The van der Waals surface area contributed by atoms with Crippen LogP contribution in [-0.2, 0) is 36.0 Å². The summed E-state index contributed by atoms with van der Waals surface area (Å²) in [5.41, 5.74) is 0. The molecule has 0 aromatic carbocycles. The Morgan fingerprint density at radius 2 is 1.12 bits per heavy atom. The van der Waals surface area contributed by atoms with Crippen molar-refractivity contribution < 1.29 is 61.4 Å². The molecule has 0 amide bonds. The molecule has 0 aliphatic carbocycles. The third-order valence-corrected chi connectivity index (χ3v) is 1.52. The molecule has 12 nitrogen and oxygen atoms in total. The van der Waals surface area contributed by atoms with E-state index in [1.807, 2.05) is 12.4 Å². The summed E-state index contributed by atoms with van der Waals surface area (Å²) in [6.07, 6.45) is 5.39. The molecule has 1 aromatic rings. The van der Waals surface area contributed by atoms with E-state index in [9.17, 15) is 39.6 Å². The molecule has 0 radical (unpaired) electrons. The summed E-state index contributed by atoms with van der Waals surface area (Å²) >= 11 is 0. The minimum absolute atomic E-state index is 0. The molecule has 136 valence electrons. The van der Waals surface area contributed by atoms with Gasteiger partial charge in [0.25, 0.3) is 0 Å². The number of rotatable bonds is 8. The van der Waals surface area contributed by atoms with Gasteiger partial charge in [-0.1, -0.05) is 0 Å². The van der Waals surface area contributed by atoms with Crippen molar-refractivity contribution in [2.75, 3.05) is 26.2 Å². The number of H-pyrrole nitrogens is 2. The van der Waals surface area contributed by atoms with Gasteiger partial charge in [0, 0.05) is 26.2 Å². The Bertz CT molecular complexity index is 393. The summed E-state index contributed by atoms with van der Waals surface area (Å²) in [4.78, 5) is 44.0. The molecule has 1 aromatic heterocycles. The predicted molar refractivity (Wildman–Crippen MR) is 63.1 cm³/mol. The van der Waals surface area contributed by atoms with E-state index >= 15 is 0 Å². The van der Waals surface area contributed by atoms with Crippen LogP contribution in [0.25, 0.3) is 0 Å². The zero-order valence-electron chi connectivity index (χ0n) is 12.2. The van der Waals surface area contributed by atoms with E-state index in [2.05, 4.69) is 20.6 Å². The molecule has 1 rings (SSSR count). The largest absolute Gasteiger partial charge is 3.00 e. The Labute approximate surface area is 146 Å². The fourth-order valence-electron chi connectivity index (χ4n) is 0.774. The number of nitrogens with one attached hydrogen (secondary N) is 4. The minimum Gasteiger partial charge on any atom is -0.549 e. The molecule has 24 heavy (non-hydrogen) atoms. The van der Waals surface area contributed by atoms with Crippen LogP contribution in [0, 0.1) is 0 Å². The van der Waals surface area contributed by atoms with Crippen LogP contribution < -0.4 is 36.0 Å². The first-order chi connectivity index (χ1) is 10.8. The SMILES string of the molecule is O=C([O-])CNCC(=O)[O-].O=C([O-])CNCC(=O)[O-].[Co+3].c1c[nH+]c[nH]1. The number of carbonyl (C=O) groups excluding carboxylic acids is 4. The van der Waals surface area contributed by atoms with Gasteiger partial charge in [0.15, 0.2) is 0 Å². The molecule has 4 N–H and O–H groups in total. The second-order valence-electron chi connectivity index (χ2n) is 3.51. The van der Waals surface area contributed by atoms with Gasteiger partial charge < -0.3 is 50.2 Å². The maximum atomic E-state index is 9.59. The summed E-state index contributed by atoms with van der Waals surface area (Å²) in [5, 5.41) is 42.5. The van der Waals surface area contributed by atoms with E-state index in [1.165, 1.54) is 0 Å². The Balaban J connectivity index is -0.000000279. The van der Waals surface area contributed by atoms with Crippen LogP contribution in [0.1, 0.15) is 0 Å². The van der Waals surface area contributed by atoms with Crippen LogP contribution in [0.15, 0.2) is 18.7 Å². The van der Waals surface area contributed by atoms with Crippen LogP contribution in [0.2, 0.25) is 0 Å². The number of carboxylic acids is 4. The van der Waals surface area contributed by atoms with Crippen molar-refractivity contribution in [1.82, 2.24) is 15.6 Å². The van der Waals surface area contributed by atoms with E-state index < -0.39 is 50.1 Å². The van der Waals surface area contributed by atoms with E-state index in [1.54, 1.807) is 6.33 Å². The predicted octanol–water partition coefficient (Wildman–Crippen LogP) is -8.02. The topological polar surface area (TPSA) is 215 Å². The Kier molecular flexibility index (Phi) is 20.4. The van der Waals surface area contributed by atoms with Gasteiger partial charge in [-0.2, -0.15) is 0 Å². The second kappa shape index (κ2) is 18.6. The molecule has 0 spiro atoms. The van der Waals surface area contributed by atoms with Gasteiger partial charge in [0.2, 0.25) is 6.33 Å². The van der Waals surface area contributed by atoms with Gasteiger partial charge in [-0.05, 0) is 0 Å². The van der Waals surface area contributed by atoms with Crippen LogP contribution in [0.3, 0.4) is 0 Å². The van der Waals surface area contributed by atoms with Crippen molar-refractivity contribution in [2.45, 2.75) is 0 Å². The molecule has 0 aliphatic rings. The third kappa shape index (κ3) is 31.8. The van der Waals surface area contributed by atoms with Crippen molar-refractivity contribution >= 4 is 23.9 Å². The number of carbonyl (C=O) groups is 4. The molecule has 0 atom stereocenters. The normalized spacial score (nSPS) is 8.33. The first-order valence-electron chi connectivity index (χ1n) is 5.95. The van der Waals surface area contributed by atoms with E-state index in [0.717, 1.165) is 0 Å². The molecular weight excluding hydrogens is 375 g/mol. The minimum atomic E-state index is -1.34. The Morgan fingerprint density at radius 1 is 0.792 bits per heavy atom. The zero-order chi connectivity index (χ0) is 18.1. The second-order valence-corrected chi connectivity index (χ2v) is 3.51. The fraction of sp³-hybridized carbons (Fsp3) is 0.364. The summed E-state index contributed by atoms with van der Waals surface area (Å²) < 4.78 is 0. The number of imidazole rings is 1. The molecule has 0 saturated carbocycles. The van der Waals surface area contributed by atoms with E-state index in [0.29, 0.717) is 0 Å². The number of hydrogen-bond donors (Lipinski definition) is 3. The van der Waals surface area contributed by atoms with Gasteiger partial charge in [0.1, 0.15) is 12.4 Å². The molecule has 0 saturated heterocycles. The standard InChI is InChI=1S/2C4H7NO4.C3H4N2.Co/c2*6-3(7)1-5-2-4(8)9;1-2-5-3-4-1;/h2*5H,1-2H2,(H,6,7)(H,8,9);1-3H,(H,4,5);/q;;;+3/p-3. The van der Waals surface area contributed by atoms with Gasteiger partial charge in [-0.15, -0.1) is 0 Å². The van der Waals surface area contributed by atoms with Crippen molar-refractivity contribution in [2.24, 2.45) is 0 Å². The summed E-state index contributed by atoms with van der Waals surface area (Å²) in [7, 11) is 0. The molecule has 0 bridgehead atoms. The number of carboxylic acid groups (broad SMARTS) is 4. The van der Waals surface area contributed by atoms with Gasteiger partial charge in [-0.25, -0.2) is 0 Å². The molecule has 13 heteroatoms. The smallest absolute Gasteiger partial charge is 0.549 e. The molecule has 0 unspecified atom stereocenters. The van der Waals surface area contributed by atoms with E-state index in [-0.39, 0.29) is 16.8 Å². The third-order valence-electron chi connectivity index (χ3n) is 1.52. The summed E-state index contributed by atoms with van der Waals surface area (Å²) in [5.74, 6) is -5.35. The van der Waals surface area contributed by atoms with Crippen molar-refractivity contribution in [3.8, 4) is 0 Å². The zero-order valence-corrected chi connectivity index (χ0v) is 13.2. The van der Waals surface area contributed by atoms with Crippen molar-refractivity contribution in [3.05, 3.63) is 18.7 Å². The van der Waals surface area contributed by atoms with Crippen LogP contribution in [0.5, 0.6) is 0 Å². The Hall–Kier alpha value is -2.48. The van der Waals surface area contributed by atoms with Crippen LogP contribution in [-0.4, -0.2) is 55.0 Å². The van der Waals surface area contributed by atoms with Gasteiger partial charge in [0.05, 0.1) is 23.9 Å². The molecule has 1 heterocycles. The average Bonchev–Trinajstić information content (AvgIpc) is 2.96. The Morgan fingerprint density at radius 3 is 1.25 bits per heavy atom. The average molecular weight is 390 g/mol. The number of aliphatic carboxylic acids is 4. The number of hydrogen-bond acceptors (Lipinski definition) is 10. The van der Waals surface area contributed by atoms with Crippen LogP contribution in [0.4, 0.5) is 0 Å². The first kappa shape index (κ1) is 26.4. The number of aromatic nitrogens is 2. The molecular formula is C11H15CoN4O8. The van der Waals surface area contributed by atoms with Crippen molar-refractivity contribution in [1.29, 1.82) is 0 Å². The quantitative estimate of drug-likeness (QED) is 0.381. The van der Waals surface area contributed by atoms with E-state index in [4.69, 9.17) is 0 Å². The summed E-state index contributed by atoms with van der Waals surface area (Å²) in [6, 6.07) is 0. The van der Waals surface area contributed by atoms with Gasteiger partial charge in [-0.3, -0.25) is 9.97 Å². The maximum Gasteiger partial charge on any atom is 3.00 e. The number of aromatic amines is 2. The molecule has 0 fully saturated rings. The maximum absolute atomic E-state index is 9.59. The first-order valence-corrected chi connectivity index (χ1v) is 5.95. The van der Waals surface area contributed by atoms with Crippen molar-refractivity contribution in [3.63, 3.8) is 0 Å². The fourth-order valence-corrected chi connectivity index (χ4v) is 0.774. The molecule has 0 aliphatic heterocycles. The van der Waals surface area contributed by atoms with Crippen LogP contribution >= 0.6 is 0 Å². The summed E-state index contributed by atoms with van der Waals surface area (Å²) in [6.45, 7) is -1.86. The van der Waals surface area contributed by atoms with Gasteiger partial charge >= 0.3 is 16.8 Å². The monoisotopic (exact) mass is 390 g/mol.